The van der Waals surface area contributed by atoms with Crippen LogP contribution in [0, 0.1) is 11.3 Å². The number of ether oxygens (including phenoxy) is 2. The number of carbonyl (C=O) groups excluding carboxylic acids is 1. The third kappa shape index (κ3) is 6.29. The summed E-state index contributed by atoms with van der Waals surface area (Å²) in [5, 5.41) is 8.82. The Morgan fingerprint density at radius 2 is 1.70 bits per heavy atom. The van der Waals surface area contributed by atoms with Crippen molar-refractivity contribution >= 4 is 22.6 Å². The maximum Gasteiger partial charge on any atom is 0.343 e. The number of nitrogens with zero attached hydrogens (tertiary/aromatic N) is 1. The minimum atomic E-state index is -1.61. The van der Waals surface area contributed by atoms with Gasteiger partial charge in [0, 0.05) is 0 Å². The topological polar surface area (TPSA) is 68.5 Å². The second kappa shape index (κ2) is 9.60. The molecule has 7 heteroatoms. The van der Waals surface area contributed by atoms with Gasteiger partial charge in [0.25, 0.3) is 0 Å². The lowest BCUT2D eigenvalue weighted by molar-refractivity contribution is 0.0734. The Hall–Kier alpha value is -2.41. The first-order chi connectivity index (χ1) is 14.3. The van der Waals surface area contributed by atoms with E-state index in [4.69, 9.17) is 18.9 Å². The van der Waals surface area contributed by atoms with Crippen molar-refractivity contribution in [2.75, 3.05) is 6.61 Å². The van der Waals surface area contributed by atoms with Crippen molar-refractivity contribution in [1.29, 1.82) is 5.26 Å². The average Bonchev–Trinajstić information content (AvgIpc) is 2.71. The van der Waals surface area contributed by atoms with Crippen LogP contribution >= 0.6 is 0 Å². The van der Waals surface area contributed by atoms with Gasteiger partial charge in [-0.2, -0.15) is 5.26 Å². The maximum atomic E-state index is 12.3. The van der Waals surface area contributed by atoms with Crippen LogP contribution in [0.15, 0.2) is 48.5 Å². The van der Waals surface area contributed by atoms with Crippen molar-refractivity contribution in [3.8, 4) is 17.6 Å². The summed E-state index contributed by atoms with van der Waals surface area (Å²) in [5.74, 6) is 0.711. The summed E-state index contributed by atoms with van der Waals surface area (Å²) in [7, 11) is -2.95. The summed E-state index contributed by atoms with van der Waals surface area (Å²) in [6.45, 7) is 7.65. The molecule has 5 nitrogen and oxygen atoms in total. The van der Waals surface area contributed by atoms with E-state index in [1.165, 1.54) is 18.5 Å². The molecule has 1 fully saturated rings. The molecular formula is C23H29NO4Si2. The second-order valence-corrected chi connectivity index (χ2v) is 17.4. The molecule has 30 heavy (non-hydrogen) atoms. The zero-order valence-electron chi connectivity index (χ0n) is 17.9. The van der Waals surface area contributed by atoms with E-state index in [0.29, 0.717) is 23.5 Å². The van der Waals surface area contributed by atoms with Crippen LogP contribution in [-0.4, -0.2) is 29.2 Å². The summed E-state index contributed by atoms with van der Waals surface area (Å²) in [6, 6.07) is 19.2. The smallest absolute Gasteiger partial charge is 0.343 e. The number of carbonyl (C=O) groups is 1. The fourth-order valence-corrected chi connectivity index (χ4v) is 12.5. The Morgan fingerprint density at radius 3 is 2.27 bits per heavy atom. The third-order valence-electron chi connectivity index (χ3n) is 5.41. The molecule has 0 radical (unpaired) electrons. The molecule has 0 saturated carbocycles. The molecule has 1 aliphatic heterocycles. The molecule has 1 aliphatic rings. The van der Waals surface area contributed by atoms with Crippen LogP contribution in [0.1, 0.15) is 28.8 Å². The molecule has 1 saturated heterocycles. The van der Waals surface area contributed by atoms with E-state index in [-0.39, 0.29) is 0 Å². The number of nitriles is 1. The molecule has 0 bridgehead atoms. The van der Waals surface area contributed by atoms with Crippen molar-refractivity contribution in [1.82, 2.24) is 0 Å². The molecule has 2 aromatic rings. The summed E-state index contributed by atoms with van der Waals surface area (Å²) in [6.07, 6.45) is 2.32. The molecular weight excluding hydrogens is 410 g/mol. The Kier molecular flexibility index (Phi) is 7.13. The predicted molar refractivity (Wildman–Crippen MR) is 122 cm³/mol. The largest absolute Gasteiger partial charge is 0.494 e. The number of benzene rings is 2. The van der Waals surface area contributed by atoms with Crippen molar-refractivity contribution in [2.24, 2.45) is 0 Å². The van der Waals surface area contributed by atoms with Crippen molar-refractivity contribution in [2.45, 2.75) is 50.6 Å². The highest BCUT2D eigenvalue weighted by molar-refractivity contribution is 6.86. The molecule has 0 aromatic heterocycles. The predicted octanol–water partition coefficient (Wildman–Crippen LogP) is 5.75. The van der Waals surface area contributed by atoms with Gasteiger partial charge in [0.15, 0.2) is 16.6 Å². The first-order valence-electron chi connectivity index (χ1n) is 10.4. The van der Waals surface area contributed by atoms with Gasteiger partial charge >= 0.3 is 5.97 Å². The third-order valence-corrected chi connectivity index (χ3v) is 14.0. The van der Waals surface area contributed by atoms with Crippen LogP contribution in [-0.2, 0) is 4.12 Å². The SMILES string of the molecule is C[Si](C)(CCCOc1ccc(C(=O)Oc2ccc(C#N)cc2)cc1)O[Si]1(C)CCC1. The highest BCUT2D eigenvalue weighted by Crippen LogP contribution is 2.36. The fourth-order valence-electron chi connectivity index (χ4n) is 3.63. The van der Waals surface area contributed by atoms with Gasteiger partial charge in [-0.15, -0.1) is 0 Å². The van der Waals surface area contributed by atoms with Crippen molar-refractivity contribution < 1.29 is 18.4 Å². The zero-order valence-corrected chi connectivity index (χ0v) is 19.9. The molecule has 3 rings (SSSR count). The monoisotopic (exact) mass is 439 g/mol. The number of rotatable bonds is 9. The molecule has 1 heterocycles. The molecule has 0 N–H and O–H groups in total. The average molecular weight is 440 g/mol. The van der Waals surface area contributed by atoms with E-state index in [0.717, 1.165) is 18.2 Å². The summed E-state index contributed by atoms with van der Waals surface area (Å²) in [4.78, 5) is 12.3. The van der Waals surface area contributed by atoms with E-state index >= 15 is 0 Å². The van der Waals surface area contributed by atoms with Crippen LogP contribution in [0.25, 0.3) is 0 Å². The Bertz CT molecular complexity index is 900. The Labute approximate surface area is 180 Å². The van der Waals surface area contributed by atoms with Crippen LogP contribution in [0.2, 0.25) is 37.8 Å². The van der Waals surface area contributed by atoms with Gasteiger partial charge < -0.3 is 13.6 Å². The second-order valence-electron chi connectivity index (χ2n) is 8.67. The molecule has 0 unspecified atom stereocenters. The number of hydrogen-bond donors (Lipinski definition) is 0. The van der Waals surface area contributed by atoms with Crippen LogP contribution in [0.4, 0.5) is 0 Å². The minimum absolute atomic E-state index is 0.409. The standard InChI is InChI=1S/C23H29NO4Si2/c1-29(2,28-30(3)16-5-17-30)15-4-14-26-21-12-8-20(9-13-21)23(25)27-22-10-6-19(18-24)7-11-22/h6-13H,4-5,14-17H2,1-3H3. The maximum absolute atomic E-state index is 12.3. The lowest BCUT2D eigenvalue weighted by Gasteiger charge is -2.42. The highest BCUT2D eigenvalue weighted by atomic mass is 28.4. The molecule has 0 aliphatic carbocycles. The van der Waals surface area contributed by atoms with Crippen LogP contribution < -0.4 is 9.47 Å². The van der Waals surface area contributed by atoms with Crippen molar-refractivity contribution in [3.63, 3.8) is 0 Å². The normalized spacial score (nSPS) is 15.0. The van der Waals surface area contributed by atoms with Crippen molar-refractivity contribution in [3.05, 3.63) is 59.7 Å². The first-order valence-corrected chi connectivity index (χ1v) is 16.4. The molecule has 158 valence electrons. The molecule has 2 aromatic carbocycles. The van der Waals surface area contributed by atoms with Gasteiger partial charge in [-0.3, -0.25) is 0 Å². The van der Waals surface area contributed by atoms with E-state index in [1.807, 2.05) is 6.07 Å². The van der Waals surface area contributed by atoms with Gasteiger partial charge in [-0.25, -0.2) is 4.79 Å². The Morgan fingerprint density at radius 1 is 1.07 bits per heavy atom. The molecule has 0 amide bonds. The molecule has 0 spiro atoms. The number of esters is 1. The zero-order chi connectivity index (χ0) is 21.6. The van der Waals surface area contributed by atoms with E-state index in [1.54, 1.807) is 48.5 Å². The fraction of sp³-hybridized carbons (Fsp3) is 0.391. The van der Waals surface area contributed by atoms with Gasteiger partial charge in [0.2, 0.25) is 0 Å². The molecule has 0 atom stereocenters. The lowest BCUT2D eigenvalue weighted by Crippen LogP contribution is -2.50. The van der Waals surface area contributed by atoms with E-state index < -0.39 is 22.6 Å². The van der Waals surface area contributed by atoms with Gasteiger partial charge in [0.05, 0.1) is 23.8 Å². The van der Waals surface area contributed by atoms with Gasteiger partial charge in [-0.1, -0.05) is 6.42 Å². The minimum Gasteiger partial charge on any atom is -0.494 e. The van der Waals surface area contributed by atoms with Crippen LogP contribution in [0.5, 0.6) is 11.5 Å². The van der Waals surface area contributed by atoms with Gasteiger partial charge in [-0.05, 0) is 92.7 Å². The first kappa shape index (κ1) is 22.3. The quantitative estimate of drug-likeness (QED) is 0.215. The van der Waals surface area contributed by atoms with E-state index in [9.17, 15) is 4.79 Å². The highest BCUT2D eigenvalue weighted by Gasteiger charge is 2.41. The lowest BCUT2D eigenvalue weighted by atomic mass is 10.2. The van der Waals surface area contributed by atoms with E-state index in [2.05, 4.69) is 19.6 Å². The van der Waals surface area contributed by atoms with Gasteiger partial charge in [0.1, 0.15) is 11.5 Å². The summed E-state index contributed by atoms with van der Waals surface area (Å²) in [5.41, 5.74) is 0.973. The Balaban J connectivity index is 1.42. The number of hydrogen-bond acceptors (Lipinski definition) is 5. The summed E-state index contributed by atoms with van der Waals surface area (Å²) >= 11 is 0. The summed E-state index contributed by atoms with van der Waals surface area (Å²) < 4.78 is 17.8. The van der Waals surface area contributed by atoms with Crippen LogP contribution in [0.3, 0.4) is 0 Å².